The van der Waals surface area contributed by atoms with Crippen LogP contribution in [-0.2, 0) is 10.9 Å². The molecule has 0 saturated carbocycles. The molecule has 0 saturated heterocycles. The Balaban J connectivity index is 0.000000198. The van der Waals surface area contributed by atoms with Crippen LogP contribution in [0.5, 0.6) is 0 Å². The smallest absolute Gasteiger partial charge is 0.0195 e. The van der Waals surface area contributed by atoms with E-state index in [9.17, 15) is 0 Å². The van der Waals surface area contributed by atoms with Crippen molar-refractivity contribution in [1.29, 1.82) is 0 Å². The molecule has 0 unspecified atom stereocenters. The molecule has 0 aliphatic rings. The molecule has 8 aromatic carbocycles. The Morgan fingerprint density at radius 1 is 0.222 bits per heavy atom. The number of hydrogen-bond acceptors (Lipinski definition) is 0. The van der Waals surface area contributed by atoms with Gasteiger partial charge >= 0.3 is 39.3 Å². The molecule has 0 amide bonds. The van der Waals surface area contributed by atoms with E-state index in [-0.39, 0.29) is 31.7 Å². The van der Waals surface area contributed by atoms with Gasteiger partial charge in [-0.2, -0.15) is 0 Å². The summed E-state index contributed by atoms with van der Waals surface area (Å²) in [4.78, 5) is 0. The van der Waals surface area contributed by atoms with E-state index < -0.39 is 0 Å². The molecule has 324 valence electrons. The maximum Gasteiger partial charge on any atom is -0.0195 e. The minimum Gasteiger partial charge on any atom is -0.0622 e. The van der Waals surface area contributed by atoms with Gasteiger partial charge in [0.2, 0.25) is 0 Å². The van der Waals surface area contributed by atoms with Crippen molar-refractivity contribution in [3.63, 3.8) is 0 Å². The molecule has 63 heavy (non-hydrogen) atoms. The van der Waals surface area contributed by atoms with Crippen LogP contribution in [0.1, 0.15) is 25.7 Å². The van der Waals surface area contributed by atoms with E-state index in [0.717, 1.165) is 0 Å². The molecule has 0 heterocycles. The van der Waals surface area contributed by atoms with Crippen molar-refractivity contribution in [3.05, 3.63) is 243 Å². The van der Waals surface area contributed by atoms with Gasteiger partial charge in [-0.05, 0) is 124 Å². The number of halogens is 2. The van der Waals surface area contributed by atoms with Crippen LogP contribution in [0.4, 0.5) is 0 Å². The van der Waals surface area contributed by atoms with Gasteiger partial charge in [-0.3, -0.25) is 0 Å². The van der Waals surface area contributed by atoms with Crippen molar-refractivity contribution in [2.75, 3.05) is 24.6 Å². The Morgan fingerprint density at radius 2 is 0.333 bits per heavy atom. The average molecular weight is 1070 g/mol. The van der Waals surface area contributed by atoms with Crippen LogP contribution in [0.3, 0.4) is 0 Å². The van der Waals surface area contributed by atoms with Crippen molar-refractivity contribution in [3.8, 4) is 0 Å². The summed E-state index contributed by atoms with van der Waals surface area (Å²) in [6, 6.07) is 88.7. The number of benzene rings is 8. The Bertz CT molecular complexity index is 1850. The molecule has 7 heteroatoms. The predicted molar refractivity (Wildman–Crippen MR) is 292 cm³/mol. The molecule has 0 aromatic heterocycles. The van der Waals surface area contributed by atoms with Gasteiger partial charge in [0.25, 0.3) is 0 Å². The van der Waals surface area contributed by atoms with Gasteiger partial charge in [0.15, 0.2) is 0 Å². The molecule has 0 fully saturated rings. The molecule has 0 nitrogen and oxygen atoms in total. The van der Waals surface area contributed by atoms with Gasteiger partial charge in [-0.15, -0.1) is 0 Å². The summed E-state index contributed by atoms with van der Waals surface area (Å²) >= 11 is 6.00. The summed E-state index contributed by atoms with van der Waals surface area (Å²) in [6.07, 6.45) is 10.1. The Morgan fingerprint density at radius 3 is 0.444 bits per heavy atom. The van der Waals surface area contributed by atoms with Crippen molar-refractivity contribution in [1.82, 2.24) is 0 Å². The first-order valence-electron chi connectivity index (χ1n) is 21.6. The normalized spacial score (nSPS) is 11.0. The second-order valence-corrected chi connectivity index (χ2v) is 29.1. The summed E-state index contributed by atoms with van der Waals surface area (Å²) in [5, 5.41) is 11.9. The summed E-state index contributed by atoms with van der Waals surface area (Å²) in [5.74, 6) is 0. The predicted octanol–water partition coefficient (Wildman–Crippen LogP) is 13.8. The van der Waals surface area contributed by atoms with Gasteiger partial charge in [-0.1, -0.05) is 243 Å². The van der Waals surface area contributed by atoms with Gasteiger partial charge in [0, 0.05) is 0 Å². The third kappa shape index (κ3) is 16.7. The van der Waals surface area contributed by atoms with Crippen molar-refractivity contribution < 1.29 is 10.9 Å². The van der Waals surface area contributed by atoms with Gasteiger partial charge < -0.3 is 0 Å². The fourth-order valence-electron chi connectivity index (χ4n) is 7.57. The van der Waals surface area contributed by atoms with Crippen LogP contribution in [0, 0.1) is 0 Å². The summed E-state index contributed by atoms with van der Waals surface area (Å²) in [6.45, 7) is 0. The average Bonchev–Trinajstić information content (AvgIpc) is 3.36. The first-order chi connectivity index (χ1) is 31.2. The molecular weight excluding hydrogens is 1020 g/mol. The van der Waals surface area contributed by atoms with Crippen molar-refractivity contribution in [2.45, 2.75) is 25.7 Å². The minimum absolute atomic E-state index is 0.283. The topological polar surface area (TPSA) is 0 Å². The first-order valence-corrected chi connectivity index (χ1v) is 32.6. The largest absolute Gasteiger partial charge is 0.0622 e. The maximum atomic E-state index is 3.00. The zero-order valence-electron chi connectivity index (χ0n) is 35.6. The van der Waals surface area contributed by atoms with E-state index in [1.54, 1.807) is 0 Å². The molecule has 0 aliphatic carbocycles. The minimum atomic E-state index is -0.283. The van der Waals surface area contributed by atoms with Gasteiger partial charge in [-0.25, -0.2) is 0 Å². The molecule has 8 rings (SSSR count). The van der Waals surface area contributed by atoms with Crippen molar-refractivity contribution in [2.24, 2.45) is 0 Å². The van der Waals surface area contributed by atoms with Crippen LogP contribution in [-0.4, -0.2) is 24.6 Å². The summed E-state index contributed by atoms with van der Waals surface area (Å²) in [7, 11) is 0.118. The first kappa shape index (κ1) is 49.4. The maximum absolute atomic E-state index is 3.00. The van der Waals surface area contributed by atoms with Crippen LogP contribution in [0.2, 0.25) is 0 Å². The van der Waals surface area contributed by atoms with E-state index in [1.165, 1.54) is 104 Å². The SMILES string of the molecule is [Br][Ni][Br].c1ccc(P(CCCCP(c2ccccc2)c2ccccc2)c2ccccc2)cc1.c1ccc(P(CCCCP(c2ccccc2)c2ccccc2)c2ccccc2)cc1. The number of rotatable bonds is 18. The number of hydrogen-bond donors (Lipinski definition) is 0. The van der Waals surface area contributed by atoms with Gasteiger partial charge in [0.1, 0.15) is 0 Å². The summed E-state index contributed by atoms with van der Waals surface area (Å²) in [5.41, 5.74) is 0. The van der Waals surface area contributed by atoms with E-state index in [0.29, 0.717) is 0 Å². The molecular formula is C56H56Br2NiP4. The zero-order valence-corrected chi connectivity index (χ0v) is 43.3. The molecule has 0 N–H and O–H groups in total. The fourth-order valence-corrected chi connectivity index (χ4v) is 17.2. The standard InChI is InChI=1S/2C28H28P2.2BrH.Ni/c2*1-5-15-25(16-6-1)29(26-17-7-2-8-18-26)23-13-14-24-30(27-19-9-3-10-20-27)28-21-11-4-12-22-28;;;/h2*1-12,15-22H,13-14,23-24H2;2*1H;/q;;;;+2/p-2. The van der Waals surface area contributed by atoms with E-state index in [2.05, 4.69) is 271 Å². The molecule has 0 atom stereocenters. The number of unbranched alkanes of at least 4 members (excludes halogenated alkanes) is 2. The van der Waals surface area contributed by atoms with Crippen LogP contribution in [0.25, 0.3) is 0 Å². The van der Waals surface area contributed by atoms with Crippen LogP contribution in [0.15, 0.2) is 243 Å². The molecule has 8 aromatic rings. The van der Waals surface area contributed by atoms with Gasteiger partial charge in [0.05, 0.1) is 0 Å². The molecule has 0 bridgehead atoms. The second kappa shape index (κ2) is 29.5. The van der Waals surface area contributed by atoms with Crippen LogP contribution >= 0.6 is 60.1 Å². The Labute approximate surface area is 403 Å². The molecule has 0 radical (unpaired) electrons. The molecule has 0 aliphatic heterocycles. The van der Waals surface area contributed by atoms with E-state index in [4.69, 9.17) is 0 Å². The third-order valence-corrected chi connectivity index (χ3v) is 21.0. The third-order valence-electron chi connectivity index (χ3n) is 10.6. The van der Waals surface area contributed by atoms with Crippen molar-refractivity contribution >= 4 is 103 Å². The molecule has 0 spiro atoms. The second-order valence-electron chi connectivity index (χ2n) is 14.8. The van der Waals surface area contributed by atoms with Crippen LogP contribution < -0.4 is 42.4 Å². The zero-order chi connectivity index (χ0) is 43.6. The van der Waals surface area contributed by atoms with E-state index >= 15 is 0 Å². The quantitative estimate of drug-likeness (QED) is 0.0456. The Hall–Kier alpha value is -3.07. The van der Waals surface area contributed by atoms with E-state index in [1.807, 2.05) is 0 Å². The fraction of sp³-hybridized carbons (Fsp3) is 0.143. The monoisotopic (exact) mass is 1070 g/mol. The Kier molecular flexibility index (Phi) is 23.1. The summed E-state index contributed by atoms with van der Waals surface area (Å²) < 4.78 is 0.